The second kappa shape index (κ2) is 6.61. The summed E-state index contributed by atoms with van der Waals surface area (Å²) in [6, 6.07) is 6.71. The summed E-state index contributed by atoms with van der Waals surface area (Å²) in [5.74, 6) is 0.464. The fraction of sp³-hybridized carbons (Fsp3) is 0.533. The van der Waals surface area contributed by atoms with Gasteiger partial charge in [-0.1, -0.05) is 12.1 Å². The SMILES string of the molecule is CC(=O)C1CCCN(CCc2ccc([N+](=O)[O-])cc2)C1. The molecule has 2 rings (SSSR count). The number of non-ortho nitro benzene ring substituents is 1. The molecule has 20 heavy (non-hydrogen) atoms. The van der Waals surface area contributed by atoms with E-state index in [-0.39, 0.29) is 22.3 Å². The van der Waals surface area contributed by atoms with Gasteiger partial charge in [0.15, 0.2) is 0 Å². The maximum Gasteiger partial charge on any atom is 0.269 e. The molecule has 5 nitrogen and oxygen atoms in total. The summed E-state index contributed by atoms with van der Waals surface area (Å²) >= 11 is 0. The number of carbonyl (C=O) groups is 1. The van der Waals surface area contributed by atoms with E-state index in [1.165, 1.54) is 0 Å². The Bertz CT molecular complexity index is 484. The summed E-state index contributed by atoms with van der Waals surface area (Å²) in [6.07, 6.45) is 2.94. The fourth-order valence-electron chi connectivity index (χ4n) is 2.66. The van der Waals surface area contributed by atoms with E-state index >= 15 is 0 Å². The molecule has 1 aliphatic rings. The first-order chi connectivity index (χ1) is 9.56. The molecule has 0 bridgehead atoms. The molecular formula is C15H20N2O3. The van der Waals surface area contributed by atoms with Crippen LogP contribution in [0.5, 0.6) is 0 Å². The van der Waals surface area contributed by atoms with Crippen molar-refractivity contribution in [3.63, 3.8) is 0 Å². The van der Waals surface area contributed by atoms with Crippen LogP contribution >= 0.6 is 0 Å². The zero-order valence-corrected chi connectivity index (χ0v) is 11.7. The minimum absolute atomic E-state index is 0.128. The highest BCUT2D eigenvalue weighted by atomic mass is 16.6. The van der Waals surface area contributed by atoms with Crippen molar-refractivity contribution in [2.24, 2.45) is 5.92 Å². The highest BCUT2D eigenvalue weighted by molar-refractivity contribution is 5.78. The highest BCUT2D eigenvalue weighted by Crippen LogP contribution is 2.18. The summed E-state index contributed by atoms with van der Waals surface area (Å²) in [4.78, 5) is 23.9. The molecule has 1 heterocycles. The van der Waals surface area contributed by atoms with E-state index < -0.39 is 0 Å². The van der Waals surface area contributed by atoms with E-state index in [0.717, 1.165) is 44.5 Å². The molecule has 0 saturated carbocycles. The van der Waals surface area contributed by atoms with Gasteiger partial charge in [-0.2, -0.15) is 0 Å². The van der Waals surface area contributed by atoms with Crippen LogP contribution in [-0.2, 0) is 11.2 Å². The van der Waals surface area contributed by atoms with Crippen molar-refractivity contribution in [3.05, 3.63) is 39.9 Å². The molecule has 1 atom stereocenters. The summed E-state index contributed by atoms with van der Waals surface area (Å²) in [5.41, 5.74) is 1.23. The van der Waals surface area contributed by atoms with Crippen LogP contribution in [-0.4, -0.2) is 35.2 Å². The maximum atomic E-state index is 11.4. The van der Waals surface area contributed by atoms with Crippen molar-refractivity contribution in [2.45, 2.75) is 26.2 Å². The van der Waals surface area contributed by atoms with Crippen molar-refractivity contribution in [1.82, 2.24) is 4.90 Å². The Labute approximate surface area is 118 Å². The van der Waals surface area contributed by atoms with Crippen LogP contribution in [0.2, 0.25) is 0 Å². The van der Waals surface area contributed by atoms with Gasteiger partial charge in [-0.15, -0.1) is 0 Å². The summed E-state index contributed by atoms with van der Waals surface area (Å²) in [5, 5.41) is 10.6. The van der Waals surface area contributed by atoms with Gasteiger partial charge in [0.2, 0.25) is 0 Å². The van der Waals surface area contributed by atoms with E-state index in [9.17, 15) is 14.9 Å². The first-order valence-electron chi connectivity index (χ1n) is 7.02. The number of piperidine rings is 1. The standard InChI is InChI=1S/C15H20N2O3/c1-12(18)14-3-2-9-16(11-14)10-8-13-4-6-15(7-5-13)17(19)20/h4-7,14H,2-3,8-11H2,1H3. The molecule has 1 saturated heterocycles. The van der Waals surface area contributed by atoms with Crippen LogP contribution in [0.15, 0.2) is 24.3 Å². The predicted octanol–water partition coefficient (Wildman–Crippen LogP) is 2.44. The zero-order valence-electron chi connectivity index (χ0n) is 11.7. The number of likely N-dealkylation sites (tertiary alicyclic amines) is 1. The lowest BCUT2D eigenvalue weighted by Crippen LogP contribution is -2.39. The molecule has 0 amide bonds. The van der Waals surface area contributed by atoms with Crippen molar-refractivity contribution in [1.29, 1.82) is 0 Å². The Morgan fingerprint density at radius 3 is 2.70 bits per heavy atom. The van der Waals surface area contributed by atoms with Gasteiger partial charge in [-0.25, -0.2) is 0 Å². The minimum atomic E-state index is -0.383. The number of ketones is 1. The first kappa shape index (κ1) is 14.7. The number of carbonyl (C=O) groups excluding carboxylic acids is 1. The Morgan fingerprint density at radius 2 is 2.10 bits per heavy atom. The molecule has 0 aliphatic carbocycles. The molecule has 1 fully saturated rings. The lowest BCUT2D eigenvalue weighted by Gasteiger charge is -2.31. The van der Waals surface area contributed by atoms with Crippen LogP contribution in [0.25, 0.3) is 0 Å². The molecule has 0 spiro atoms. The van der Waals surface area contributed by atoms with Crippen molar-refractivity contribution < 1.29 is 9.72 Å². The van der Waals surface area contributed by atoms with E-state index in [1.807, 2.05) is 12.1 Å². The summed E-state index contributed by atoms with van der Waals surface area (Å²) in [7, 11) is 0. The van der Waals surface area contributed by atoms with E-state index in [2.05, 4.69) is 4.90 Å². The Balaban J connectivity index is 1.85. The largest absolute Gasteiger partial charge is 0.302 e. The van der Waals surface area contributed by atoms with Crippen molar-refractivity contribution >= 4 is 11.5 Å². The van der Waals surface area contributed by atoms with E-state index in [0.29, 0.717) is 0 Å². The number of benzene rings is 1. The fourth-order valence-corrected chi connectivity index (χ4v) is 2.66. The smallest absolute Gasteiger partial charge is 0.269 e. The second-order valence-corrected chi connectivity index (χ2v) is 5.42. The third-order valence-corrected chi connectivity index (χ3v) is 3.94. The van der Waals surface area contributed by atoms with Gasteiger partial charge in [-0.05, 0) is 38.3 Å². The molecule has 0 aromatic heterocycles. The van der Waals surface area contributed by atoms with Crippen LogP contribution < -0.4 is 0 Å². The Hall–Kier alpha value is -1.75. The topological polar surface area (TPSA) is 63.5 Å². The van der Waals surface area contributed by atoms with Crippen molar-refractivity contribution in [3.8, 4) is 0 Å². The molecule has 1 aromatic carbocycles. The molecule has 0 radical (unpaired) electrons. The second-order valence-electron chi connectivity index (χ2n) is 5.42. The normalized spacial score (nSPS) is 19.8. The van der Waals surface area contributed by atoms with Gasteiger partial charge in [0.25, 0.3) is 5.69 Å². The monoisotopic (exact) mass is 276 g/mol. The predicted molar refractivity (Wildman–Crippen MR) is 76.6 cm³/mol. The molecule has 1 unspecified atom stereocenters. The van der Waals surface area contributed by atoms with Gasteiger partial charge >= 0.3 is 0 Å². The number of nitro groups is 1. The van der Waals surface area contributed by atoms with Gasteiger partial charge in [0.1, 0.15) is 5.78 Å². The number of rotatable bonds is 5. The van der Waals surface area contributed by atoms with Crippen molar-refractivity contribution in [2.75, 3.05) is 19.6 Å². The van der Waals surface area contributed by atoms with Gasteiger partial charge < -0.3 is 4.90 Å². The van der Waals surface area contributed by atoms with E-state index in [1.54, 1.807) is 19.1 Å². The third-order valence-electron chi connectivity index (χ3n) is 3.94. The number of hydrogen-bond acceptors (Lipinski definition) is 4. The Morgan fingerprint density at radius 1 is 1.40 bits per heavy atom. The molecule has 1 aromatic rings. The number of hydrogen-bond donors (Lipinski definition) is 0. The average Bonchev–Trinajstić information content (AvgIpc) is 2.46. The van der Waals surface area contributed by atoms with Gasteiger partial charge in [0.05, 0.1) is 4.92 Å². The average molecular weight is 276 g/mol. The van der Waals surface area contributed by atoms with Crippen LogP contribution in [0.4, 0.5) is 5.69 Å². The van der Waals surface area contributed by atoms with Crippen LogP contribution in [0.3, 0.4) is 0 Å². The highest BCUT2D eigenvalue weighted by Gasteiger charge is 2.22. The third kappa shape index (κ3) is 3.87. The first-order valence-corrected chi connectivity index (χ1v) is 7.02. The molecular weight excluding hydrogens is 256 g/mol. The quantitative estimate of drug-likeness (QED) is 0.612. The Kier molecular flexibility index (Phi) is 4.84. The number of nitro benzene ring substituents is 1. The van der Waals surface area contributed by atoms with E-state index in [4.69, 9.17) is 0 Å². The maximum absolute atomic E-state index is 11.4. The lowest BCUT2D eigenvalue weighted by molar-refractivity contribution is -0.384. The van der Waals surface area contributed by atoms with Gasteiger partial charge in [0, 0.05) is 31.1 Å². The van der Waals surface area contributed by atoms with Gasteiger partial charge in [-0.3, -0.25) is 14.9 Å². The summed E-state index contributed by atoms with van der Waals surface area (Å²) in [6.45, 7) is 4.46. The molecule has 108 valence electrons. The number of Topliss-reactive ketones (excluding diaryl/α,β-unsaturated/α-hetero) is 1. The molecule has 1 aliphatic heterocycles. The lowest BCUT2D eigenvalue weighted by atomic mass is 9.94. The van der Waals surface area contributed by atoms with Crippen LogP contribution in [0.1, 0.15) is 25.3 Å². The zero-order chi connectivity index (χ0) is 14.5. The minimum Gasteiger partial charge on any atom is -0.302 e. The number of nitrogens with zero attached hydrogens (tertiary/aromatic N) is 2. The van der Waals surface area contributed by atoms with Crippen LogP contribution in [0, 0.1) is 16.0 Å². The molecule has 5 heteroatoms. The molecule has 0 N–H and O–H groups in total. The summed E-state index contributed by atoms with van der Waals surface area (Å²) < 4.78 is 0.